The minimum atomic E-state index is -0.207. The summed E-state index contributed by atoms with van der Waals surface area (Å²) in [6, 6.07) is 14.8. The lowest BCUT2D eigenvalue weighted by Gasteiger charge is -2.17. The molecule has 1 atom stereocenters. The van der Waals surface area contributed by atoms with Crippen molar-refractivity contribution in [1.29, 1.82) is 0 Å². The Bertz CT molecular complexity index is 758. The number of nitrogens with zero attached hydrogens (tertiary/aromatic N) is 1. The third-order valence-electron chi connectivity index (χ3n) is 4.22. The Kier molecular flexibility index (Phi) is 4.86. The lowest BCUT2D eigenvalue weighted by atomic mass is 10.1. The van der Waals surface area contributed by atoms with Crippen LogP contribution in [0.1, 0.15) is 22.3 Å². The van der Waals surface area contributed by atoms with Gasteiger partial charge in [0.1, 0.15) is 0 Å². The zero-order chi connectivity index (χ0) is 17.1. The lowest BCUT2D eigenvalue weighted by molar-refractivity contribution is -0.117. The molecule has 2 amide bonds. The number of amides is 2. The van der Waals surface area contributed by atoms with Crippen molar-refractivity contribution in [1.82, 2.24) is 5.32 Å². The highest BCUT2D eigenvalue weighted by molar-refractivity contribution is 6.33. The highest BCUT2D eigenvalue weighted by atomic mass is 35.5. The summed E-state index contributed by atoms with van der Waals surface area (Å²) in [6.07, 6.45) is 0.441. The molecule has 0 aliphatic carbocycles. The van der Waals surface area contributed by atoms with Crippen molar-refractivity contribution in [2.75, 3.05) is 18.0 Å². The van der Waals surface area contributed by atoms with Gasteiger partial charge in [-0.2, -0.15) is 0 Å². The summed E-state index contributed by atoms with van der Waals surface area (Å²) in [5.41, 5.74) is 2.53. The Morgan fingerprint density at radius 3 is 2.62 bits per heavy atom. The quantitative estimate of drug-likeness (QED) is 0.925. The Morgan fingerprint density at radius 1 is 1.21 bits per heavy atom. The average molecular weight is 343 g/mol. The summed E-state index contributed by atoms with van der Waals surface area (Å²) in [6.45, 7) is 3.09. The van der Waals surface area contributed by atoms with Crippen molar-refractivity contribution in [3.05, 3.63) is 64.7 Å². The summed E-state index contributed by atoms with van der Waals surface area (Å²) in [5.74, 6) is -0.0112. The number of hydrogen-bond donors (Lipinski definition) is 1. The second-order valence-corrected chi connectivity index (χ2v) is 6.51. The van der Waals surface area contributed by atoms with E-state index in [0.29, 0.717) is 30.1 Å². The molecule has 0 saturated carbocycles. The predicted octanol–water partition coefficient (Wildman–Crippen LogP) is 3.43. The third kappa shape index (κ3) is 3.60. The SMILES string of the molecule is Cc1ccc(N2CC(CNC(=O)c3ccccc3Cl)CC2=O)cc1. The smallest absolute Gasteiger partial charge is 0.252 e. The van der Waals surface area contributed by atoms with Gasteiger partial charge in [0.2, 0.25) is 5.91 Å². The van der Waals surface area contributed by atoms with Gasteiger partial charge in [-0.15, -0.1) is 0 Å². The molecule has 2 aromatic carbocycles. The van der Waals surface area contributed by atoms with Gasteiger partial charge in [0.05, 0.1) is 10.6 Å². The number of aryl methyl sites for hydroxylation is 1. The van der Waals surface area contributed by atoms with Crippen molar-refractivity contribution in [3.8, 4) is 0 Å². The van der Waals surface area contributed by atoms with Crippen molar-refractivity contribution >= 4 is 29.1 Å². The summed E-state index contributed by atoms with van der Waals surface area (Å²) in [4.78, 5) is 26.2. The molecule has 2 aromatic rings. The second-order valence-electron chi connectivity index (χ2n) is 6.10. The molecule has 3 rings (SSSR count). The first-order valence-electron chi connectivity index (χ1n) is 7.94. The fourth-order valence-corrected chi connectivity index (χ4v) is 3.09. The van der Waals surface area contributed by atoms with Crippen LogP contribution in [-0.2, 0) is 4.79 Å². The fourth-order valence-electron chi connectivity index (χ4n) is 2.87. The topological polar surface area (TPSA) is 49.4 Å². The van der Waals surface area contributed by atoms with Crippen LogP contribution in [0.3, 0.4) is 0 Å². The van der Waals surface area contributed by atoms with Crippen LogP contribution in [0.5, 0.6) is 0 Å². The number of anilines is 1. The maximum Gasteiger partial charge on any atom is 0.252 e. The van der Waals surface area contributed by atoms with Gasteiger partial charge in [-0.25, -0.2) is 0 Å². The maximum absolute atomic E-state index is 12.2. The van der Waals surface area contributed by atoms with Gasteiger partial charge in [-0.3, -0.25) is 9.59 Å². The molecule has 5 heteroatoms. The number of halogens is 1. The van der Waals surface area contributed by atoms with E-state index < -0.39 is 0 Å². The Balaban J connectivity index is 1.59. The van der Waals surface area contributed by atoms with Crippen LogP contribution < -0.4 is 10.2 Å². The van der Waals surface area contributed by atoms with E-state index in [0.717, 1.165) is 11.3 Å². The first-order chi connectivity index (χ1) is 11.5. The van der Waals surface area contributed by atoms with Crippen LogP contribution >= 0.6 is 11.6 Å². The van der Waals surface area contributed by atoms with Gasteiger partial charge >= 0.3 is 0 Å². The number of carbonyl (C=O) groups is 2. The molecule has 1 heterocycles. The molecule has 0 bridgehead atoms. The fraction of sp³-hybridized carbons (Fsp3) is 0.263. The number of hydrogen-bond acceptors (Lipinski definition) is 2. The molecular formula is C19H19ClN2O2. The zero-order valence-corrected chi connectivity index (χ0v) is 14.2. The molecule has 1 N–H and O–H groups in total. The van der Waals surface area contributed by atoms with E-state index in [1.165, 1.54) is 0 Å². The summed E-state index contributed by atoms with van der Waals surface area (Å²) < 4.78 is 0. The first kappa shape index (κ1) is 16.5. The van der Waals surface area contributed by atoms with E-state index >= 15 is 0 Å². The van der Waals surface area contributed by atoms with Crippen LogP contribution in [-0.4, -0.2) is 24.9 Å². The monoisotopic (exact) mass is 342 g/mol. The van der Waals surface area contributed by atoms with Gasteiger partial charge < -0.3 is 10.2 Å². The minimum absolute atomic E-state index is 0.0934. The van der Waals surface area contributed by atoms with E-state index in [4.69, 9.17) is 11.6 Å². The zero-order valence-electron chi connectivity index (χ0n) is 13.5. The van der Waals surface area contributed by atoms with E-state index in [1.807, 2.05) is 31.2 Å². The second kappa shape index (κ2) is 7.05. The minimum Gasteiger partial charge on any atom is -0.352 e. The number of nitrogens with one attached hydrogen (secondary N) is 1. The third-order valence-corrected chi connectivity index (χ3v) is 4.55. The molecule has 0 spiro atoms. The Hall–Kier alpha value is -2.33. The maximum atomic E-state index is 12.2. The first-order valence-corrected chi connectivity index (χ1v) is 8.32. The Morgan fingerprint density at radius 2 is 1.92 bits per heavy atom. The molecule has 1 unspecified atom stereocenters. The molecule has 1 fully saturated rings. The van der Waals surface area contributed by atoms with Crippen molar-refractivity contribution in [3.63, 3.8) is 0 Å². The van der Waals surface area contributed by atoms with Crippen molar-refractivity contribution < 1.29 is 9.59 Å². The van der Waals surface area contributed by atoms with E-state index in [2.05, 4.69) is 5.32 Å². The highest BCUT2D eigenvalue weighted by Gasteiger charge is 2.30. The average Bonchev–Trinajstić information content (AvgIpc) is 2.95. The van der Waals surface area contributed by atoms with E-state index in [9.17, 15) is 9.59 Å². The van der Waals surface area contributed by atoms with Gasteiger partial charge in [0, 0.05) is 31.1 Å². The van der Waals surface area contributed by atoms with Crippen LogP contribution in [0.2, 0.25) is 5.02 Å². The van der Waals surface area contributed by atoms with Crippen molar-refractivity contribution in [2.45, 2.75) is 13.3 Å². The molecule has 124 valence electrons. The predicted molar refractivity (Wildman–Crippen MR) is 95.4 cm³/mol. The van der Waals surface area contributed by atoms with Crippen LogP contribution in [0.4, 0.5) is 5.69 Å². The Labute approximate surface area is 146 Å². The normalized spacial score (nSPS) is 17.2. The number of rotatable bonds is 4. The largest absolute Gasteiger partial charge is 0.352 e. The molecule has 0 aromatic heterocycles. The molecule has 1 aliphatic rings. The summed E-state index contributed by atoms with van der Waals surface area (Å²) >= 11 is 6.03. The molecule has 0 radical (unpaired) electrons. The molecule has 24 heavy (non-hydrogen) atoms. The van der Waals surface area contributed by atoms with Crippen LogP contribution in [0.15, 0.2) is 48.5 Å². The molecular weight excluding hydrogens is 324 g/mol. The van der Waals surface area contributed by atoms with Gasteiger partial charge in [-0.05, 0) is 31.2 Å². The van der Waals surface area contributed by atoms with E-state index in [-0.39, 0.29) is 17.7 Å². The van der Waals surface area contributed by atoms with Gasteiger partial charge in [-0.1, -0.05) is 41.4 Å². The highest BCUT2D eigenvalue weighted by Crippen LogP contribution is 2.25. The van der Waals surface area contributed by atoms with E-state index in [1.54, 1.807) is 29.2 Å². The number of benzene rings is 2. The number of carbonyl (C=O) groups excluding carboxylic acids is 2. The van der Waals surface area contributed by atoms with Gasteiger partial charge in [0.15, 0.2) is 0 Å². The summed E-state index contributed by atoms with van der Waals surface area (Å²) in [5, 5.41) is 3.31. The molecule has 4 nitrogen and oxygen atoms in total. The van der Waals surface area contributed by atoms with Crippen LogP contribution in [0.25, 0.3) is 0 Å². The standard InChI is InChI=1S/C19H19ClN2O2/c1-13-6-8-15(9-7-13)22-12-14(10-18(22)23)11-21-19(24)16-4-2-3-5-17(16)20/h2-9,14H,10-12H2,1H3,(H,21,24). The van der Waals surface area contributed by atoms with Gasteiger partial charge in [0.25, 0.3) is 5.91 Å². The van der Waals surface area contributed by atoms with Crippen LogP contribution in [0, 0.1) is 12.8 Å². The molecule has 1 aliphatic heterocycles. The summed E-state index contributed by atoms with van der Waals surface area (Å²) in [7, 11) is 0. The molecule has 1 saturated heterocycles. The van der Waals surface area contributed by atoms with Crippen molar-refractivity contribution in [2.24, 2.45) is 5.92 Å². The lowest BCUT2D eigenvalue weighted by Crippen LogP contribution is -2.31.